The van der Waals surface area contributed by atoms with Crippen LogP contribution in [0.25, 0.3) is 11.1 Å². The second kappa shape index (κ2) is 11.1. The molecule has 1 aliphatic rings. The SMILES string of the molecule is O=CC(CNc1ccc(F)cc1Nc1ccc(F)cc1)NC(=O)OCC1c2ccccc2-c2ccccc21. The maximum atomic E-state index is 13.9. The van der Waals surface area contributed by atoms with Gasteiger partial charge in [-0.05, 0) is 64.7 Å². The van der Waals surface area contributed by atoms with Crippen molar-refractivity contribution in [1.29, 1.82) is 0 Å². The molecule has 1 unspecified atom stereocenters. The maximum absolute atomic E-state index is 13.9. The molecule has 1 atom stereocenters. The molecule has 0 aromatic heterocycles. The van der Waals surface area contributed by atoms with E-state index in [1.54, 1.807) is 0 Å². The van der Waals surface area contributed by atoms with Gasteiger partial charge < -0.3 is 25.5 Å². The number of benzene rings is 4. The van der Waals surface area contributed by atoms with Gasteiger partial charge in [0.1, 0.15) is 30.6 Å². The first-order valence-electron chi connectivity index (χ1n) is 12.1. The maximum Gasteiger partial charge on any atom is 0.407 e. The van der Waals surface area contributed by atoms with E-state index in [0.29, 0.717) is 23.3 Å². The monoisotopic (exact) mass is 513 g/mol. The van der Waals surface area contributed by atoms with Crippen LogP contribution in [0.4, 0.5) is 30.6 Å². The lowest BCUT2D eigenvalue weighted by atomic mass is 9.98. The van der Waals surface area contributed by atoms with Crippen molar-refractivity contribution in [2.24, 2.45) is 0 Å². The van der Waals surface area contributed by atoms with Crippen molar-refractivity contribution in [2.45, 2.75) is 12.0 Å². The zero-order valence-corrected chi connectivity index (χ0v) is 20.3. The highest BCUT2D eigenvalue weighted by molar-refractivity contribution is 5.80. The minimum absolute atomic E-state index is 0.0391. The zero-order valence-electron chi connectivity index (χ0n) is 20.3. The Hall–Kier alpha value is -4.72. The number of fused-ring (bicyclic) bond motifs is 3. The minimum Gasteiger partial charge on any atom is -0.449 e. The van der Waals surface area contributed by atoms with E-state index in [1.165, 1.54) is 42.5 Å². The van der Waals surface area contributed by atoms with Gasteiger partial charge in [-0.25, -0.2) is 13.6 Å². The normalized spacial score (nSPS) is 12.7. The van der Waals surface area contributed by atoms with Crippen LogP contribution in [-0.2, 0) is 9.53 Å². The second-order valence-corrected chi connectivity index (χ2v) is 8.92. The summed E-state index contributed by atoms with van der Waals surface area (Å²) in [5, 5.41) is 8.64. The topological polar surface area (TPSA) is 79.5 Å². The van der Waals surface area contributed by atoms with E-state index in [9.17, 15) is 18.4 Å². The number of rotatable bonds is 9. The number of hydrogen-bond donors (Lipinski definition) is 3. The van der Waals surface area contributed by atoms with Gasteiger partial charge in [0, 0.05) is 18.2 Å². The molecule has 0 spiro atoms. The van der Waals surface area contributed by atoms with Crippen LogP contribution in [0, 0.1) is 11.6 Å². The van der Waals surface area contributed by atoms with Crippen molar-refractivity contribution in [3.63, 3.8) is 0 Å². The molecule has 4 aromatic carbocycles. The lowest BCUT2D eigenvalue weighted by Gasteiger charge is -2.19. The van der Waals surface area contributed by atoms with E-state index >= 15 is 0 Å². The number of aldehydes is 1. The summed E-state index contributed by atoms with van der Waals surface area (Å²) in [6.07, 6.45) is -0.111. The third-order valence-electron chi connectivity index (χ3n) is 6.43. The number of hydrogen-bond acceptors (Lipinski definition) is 5. The molecule has 192 valence electrons. The van der Waals surface area contributed by atoms with Crippen molar-refractivity contribution >= 4 is 29.4 Å². The highest BCUT2D eigenvalue weighted by Gasteiger charge is 2.29. The molecule has 1 aliphatic carbocycles. The van der Waals surface area contributed by atoms with Crippen LogP contribution in [0.3, 0.4) is 0 Å². The summed E-state index contributed by atoms with van der Waals surface area (Å²) in [6.45, 7) is 0.167. The smallest absolute Gasteiger partial charge is 0.407 e. The van der Waals surface area contributed by atoms with Crippen LogP contribution in [0.2, 0.25) is 0 Å². The number of anilines is 3. The molecule has 3 N–H and O–H groups in total. The fourth-order valence-corrected chi connectivity index (χ4v) is 4.61. The van der Waals surface area contributed by atoms with E-state index in [0.717, 1.165) is 22.3 Å². The molecular weight excluding hydrogens is 488 g/mol. The number of halogens is 2. The van der Waals surface area contributed by atoms with E-state index in [4.69, 9.17) is 4.74 Å². The summed E-state index contributed by atoms with van der Waals surface area (Å²) in [4.78, 5) is 24.3. The molecule has 5 rings (SSSR count). The number of nitrogens with one attached hydrogen (secondary N) is 3. The summed E-state index contributed by atoms with van der Waals surface area (Å²) in [5.41, 5.74) is 5.87. The largest absolute Gasteiger partial charge is 0.449 e. The Morgan fingerprint density at radius 2 is 1.47 bits per heavy atom. The van der Waals surface area contributed by atoms with Gasteiger partial charge in [0.25, 0.3) is 0 Å². The third kappa shape index (κ3) is 5.49. The highest BCUT2D eigenvalue weighted by atomic mass is 19.1. The van der Waals surface area contributed by atoms with E-state index in [2.05, 4.69) is 28.1 Å². The number of carbonyl (C=O) groups is 2. The lowest BCUT2D eigenvalue weighted by Crippen LogP contribution is -2.41. The molecule has 0 saturated carbocycles. The van der Waals surface area contributed by atoms with Gasteiger partial charge in [-0.3, -0.25) is 0 Å². The molecule has 0 heterocycles. The number of carbonyl (C=O) groups excluding carboxylic acids is 2. The fourth-order valence-electron chi connectivity index (χ4n) is 4.61. The molecule has 0 bridgehead atoms. The first kappa shape index (κ1) is 25.0. The average Bonchev–Trinajstić information content (AvgIpc) is 3.25. The van der Waals surface area contributed by atoms with Crippen LogP contribution in [0.5, 0.6) is 0 Å². The summed E-state index contributed by atoms with van der Waals surface area (Å²) < 4.78 is 32.6. The lowest BCUT2D eigenvalue weighted by molar-refractivity contribution is -0.109. The molecule has 0 aliphatic heterocycles. The summed E-state index contributed by atoms with van der Waals surface area (Å²) in [5.74, 6) is -0.953. The quantitative estimate of drug-likeness (QED) is 0.231. The van der Waals surface area contributed by atoms with E-state index in [1.807, 2.05) is 36.4 Å². The Labute approximate surface area is 218 Å². The molecule has 1 amide bonds. The number of ether oxygens (including phenoxy) is 1. The Bertz CT molecular complexity index is 1410. The van der Waals surface area contributed by atoms with Crippen molar-refractivity contribution < 1.29 is 23.1 Å². The fraction of sp³-hybridized carbons (Fsp3) is 0.133. The third-order valence-corrected chi connectivity index (χ3v) is 6.43. The van der Waals surface area contributed by atoms with Gasteiger partial charge in [0.05, 0.1) is 11.4 Å². The van der Waals surface area contributed by atoms with Gasteiger partial charge in [-0.2, -0.15) is 0 Å². The first-order valence-corrected chi connectivity index (χ1v) is 12.1. The summed E-state index contributed by atoms with van der Waals surface area (Å²) in [6, 6.07) is 24.8. The summed E-state index contributed by atoms with van der Waals surface area (Å²) in [7, 11) is 0. The second-order valence-electron chi connectivity index (χ2n) is 8.92. The predicted molar refractivity (Wildman–Crippen MR) is 143 cm³/mol. The van der Waals surface area contributed by atoms with Crippen LogP contribution < -0.4 is 16.0 Å². The van der Waals surface area contributed by atoms with Crippen molar-refractivity contribution in [2.75, 3.05) is 23.8 Å². The molecule has 8 heteroatoms. The van der Waals surface area contributed by atoms with E-state index in [-0.39, 0.29) is 24.9 Å². The molecular formula is C30H25F2N3O3. The first-order chi connectivity index (χ1) is 18.5. The van der Waals surface area contributed by atoms with E-state index < -0.39 is 18.0 Å². The van der Waals surface area contributed by atoms with Crippen LogP contribution in [0.1, 0.15) is 17.0 Å². The predicted octanol–water partition coefficient (Wildman–Crippen LogP) is 6.23. The minimum atomic E-state index is -0.894. The molecule has 4 aromatic rings. The highest BCUT2D eigenvalue weighted by Crippen LogP contribution is 2.44. The standard InChI is InChI=1S/C30H25F2N3O3/c31-19-9-12-21(13-10-19)34-29-15-20(32)11-14-28(29)33-16-22(17-36)35-30(37)38-18-27-25-7-3-1-5-23(25)24-6-2-4-8-26(24)27/h1-15,17,22,27,33-34H,16,18H2,(H,35,37). The molecule has 0 radical (unpaired) electrons. The van der Waals surface area contributed by atoms with Gasteiger partial charge in [-0.1, -0.05) is 48.5 Å². The average molecular weight is 514 g/mol. The van der Waals surface area contributed by atoms with Crippen LogP contribution in [0.15, 0.2) is 91.0 Å². The molecule has 0 saturated heterocycles. The van der Waals surface area contributed by atoms with Crippen LogP contribution >= 0.6 is 0 Å². The van der Waals surface area contributed by atoms with Gasteiger partial charge in [0.2, 0.25) is 0 Å². The number of amides is 1. The summed E-state index contributed by atoms with van der Waals surface area (Å²) >= 11 is 0. The van der Waals surface area contributed by atoms with Gasteiger partial charge in [0.15, 0.2) is 0 Å². The molecule has 0 fully saturated rings. The van der Waals surface area contributed by atoms with Gasteiger partial charge in [-0.15, -0.1) is 0 Å². The Morgan fingerprint density at radius 3 is 2.13 bits per heavy atom. The van der Waals surface area contributed by atoms with Crippen LogP contribution in [-0.4, -0.2) is 31.6 Å². The zero-order chi connectivity index (χ0) is 26.5. The Balaban J connectivity index is 1.20. The molecule has 38 heavy (non-hydrogen) atoms. The Kier molecular flexibility index (Phi) is 7.31. The van der Waals surface area contributed by atoms with Crippen molar-refractivity contribution in [1.82, 2.24) is 5.32 Å². The molecule has 6 nitrogen and oxygen atoms in total. The van der Waals surface area contributed by atoms with Crippen molar-refractivity contribution in [3.05, 3.63) is 114 Å². The number of alkyl carbamates (subject to hydrolysis) is 1. The van der Waals surface area contributed by atoms with Crippen molar-refractivity contribution in [3.8, 4) is 11.1 Å². The Morgan fingerprint density at radius 1 is 0.842 bits per heavy atom. The van der Waals surface area contributed by atoms with Gasteiger partial charge >= 0.3 is 6.09 Å².